The molecule has 13 nitrogen and oxygen atoms in total. The van der Waals surface area contributed by atoms with Crippen LogP contribution in [0.2, 0.25) is 0 Å². The number of benzene rings is 2. The number of nitrogens with one attached hydrogen (secondary N) is 1. The van der Waals surface area contributed by atoms with Crippen LogP contribution in [0.25, 0.3) is 6.08 Å². The lowest BCUT2D eigenvalue weighted by Crippen LogP contribution is -2.67. The number of hydrogen-bond donors (Lipinski definition) is 7. The molecule has 2 aromatic carbocycles. The summed E-state index contributed by atoms with van der Waals surface area (Å²) in [5.74, 6) is -0.816. The number of aryl methyl sites for hydroxylation is 1. The highest BCUT2D eigenvalue weighted by molar-refractivity contribution is 5.97. The molecule has 5 rings (SSSR count). The zero-order valence-electron chi connectivity index (χ0n) is 26.7. The van der Waals surface area contributed by atoms with Crippen LogP contribution in [0.5, 0.6) is 17.2 Å². The molecule has 0 unspecified atom stereocenters. The number of ether oxygens (including phenoxy) is 5. The molecule has 2 heterocycles. The van der Waals surface area contributed by atoms with Crippen molar-refractivity contribution in [2.24, 2.45) is 0 Å². The maximum atomic E-state index is 13.6. The number of phenols is 1. The Morgan fingerprint density at radius 2 is 1.67 bits per heavy atom. The number of aliphatic hydroxyl groups excluding tert-OH is 5. The van der Waals surface area contributed by atoms with Gasteiger partial charge in [-0.15, -0.1) is 0 Å². The minimum atomic E-state index is -1.50. The molecule has 0 spiro atoms. The molecule has 0 radical (unpaired) electrons. The van der Waals surface area contributed by atoms with Crippen molar-refractivity contribution in [1.29, 1.82) is 0 Å². The van der Waals surface area contributed by atoms with Crippen LogP contribution in [0.15, 0.2) is 53.6 Å². The van der Waals surface area contributed by atoms with E-state index in [1.165, 1.54) is 43.3 Å². The monoisotopic (exact) mass is 675 g/mol. The Kier molecular flexibility index (Phi) is 11.4. The Hall–Kier alpha value is -3.60. The zero-order valence-corrected chi connectivity index (χ0v) is 26.7. The van der Waals surface area contributed by atoms with Crippen LogP contribution >= 0.6 is 0 Å². The van der Waals surface area contributed by atoms with Gasteiger partial charge in [-0.2, -0.15) is 0 Å². The summed E-state index contributed by atoms with van der Waals surface area (Å²) in [6.45, 7) is 5.13. The van der Waals surface area contributed by atoms with Crippen LogP contribution in [0, 0.1) is 5.82 Å². The first kappa shape index (κ1) is 35.7. The Balaban J connectivity index is 1.18. The number of halogens is 1. The smallest absolute Gasteiger partial charge is 0.247 e. The van der Waals surface area contributed by atoms with Crippen LogP contribution in [-0.4, -0.2) is 111 Å². The summed E-state index contributed by atoms with van der Waals surface area (Å²) in [5, 5.41) is 65.9. The van der Waals surface area contributed by atoms with E-state index in [1.807, 2.05) is 6.92 Å². The number of rotatable bonds is 11. The molecule has 262 valence electrons. The molecule has 2 aliphatic heterocycles. The highest BCUT2D eigenvalue weighted by Crippen LogP contribution is 2.34. The van der Waals surface area contributed by atoms with Crippen LogP contribution in [0.1, 0.15) is 38.3 Å². The van der Waals surface area contributed by atoms with Crippen molar-refractivity contribution < 1.29 is 63.5 Å². The molecule has 0 bridgehead atoms. The number of aromatic hydroxyl groups is 1. The lowest BCUT2D eigenvalue weighted by Gasteiger charge is -2.41. The van der Waals surface area contributed by atoms with E-state index in [9.17, 15) is 39.8 Å². The van der Waals surface area contributed by atoms with Crippen LogP contribution in [-0.2, 0) is 25.4 Å². The number of carbonyl (C=O) groups excluding carboxylic acids is 1. The minimum absolute atomic E-state index is 0.0494. The second-order valence-electron chi connectivity index (χ2n) is 12.2. The molecule has 2 saturated heterocycles. The van der Waals surface area contributed by atoms with Gasteiger partial charge < -0.3 is 59.6 Å². The fourth-order valence-electron chi connectivity index (χ4n) is 6.04. The second-order valence-corrected chi connectivity index (χ2v) is 12.2. The Bertz CT molecular complexity index is 1520. The lowest BCUT2D eigenvalue weighted by molar-refractivity contribution is -0.155. The van der Waals surface area contributed by atoms with Gasteiger partial charge >= 0.3 is 0 Å². The van der Waals surface area contributed by atoms with Gasteiger partial charge in [0.25, 0.3) is 0 Å². The zero-order chi connectivity index (χ0) is 34.7. The van der Waals surface area contributed by atoms with Gasteiger partial charge in [-0.25, -0.2) is 4.39 Å². The maximum Gasteiger partial charge on any atom is 0.247 e. The molecule has 3 aliphatic rings. The van der Waals surface area contributed by atoms with Gasteiger partial charge in [0.1, 0.15) is 73.8 Å². The minimum Gasteiger partial charge on any atom is -0.504 e. The normalized spacial score (nSPS) is 32.2. The summed E-state index contributed by atoms with van der Waals surface area (Å²) in [6.07, 6.45) is -6.46. The van der Waals surface area contributed by atoms with Gasteiger partial charge in [0.15, 0.2) is 11.5 Å². The summed E-state index contributed by atoms with van der Waals surface area (Å²) in [7, 11) is 0. The lowest BCUT2D eigenvalue weighted by atomic mass is 9.83. The molecule has 1 aliphatic carbocycles. The predicted octanol–water partition coefficient (Wildman–Crippen LogP) is 1.06. The second kappa shape index (κ2) is 15.3. The molecule has 10 atom stereocenters. The molecule has 1 saturated carbocycles. The van der Waals surface area contributed by atoms with Crippen LogP contribution in [0.3, 0.4) is 0 Å². The first-order chi connectivity index (χ1) is 22.9. The van der Waals surface area contributed by atoms with Gasteiger partial charge in [0.2, 0.25) is 12.2 Å². The van der Waals surface area contributed by atoms with E-state index < -0.39 is 67.1 Å². The van der Waals surface area contributed by atoms with E-state index in [0.29, 0.717) is 23.3 Å². The van der Waals surface area contributed by atoms with Crippen LogP contribution in [0.4, 0.5) is 4.39 Å². The molecule has 3 fully saturated rings. The van der Waals surface area contributed by atoms with E-state index in [4.69, 9.17) is 23.7 Å². The number of phenolic OH excluding ortho intramolecular Hbond substituents is 1. The standard InChI is InChI=1S/C34H42FNO12/c1-4-5-19-14-20(35)7-9-22(19)44-11-10-16(2)30-28(41)29(42)34(48-30)47-23-8-6-18(13-21(23)37)12-17(3)33(43)36-24-25(38)27(40)32-31(26(24)39)45-15-46-32/h6-10,12-14,24-32,34,37-42H,4-5,11,15H2,1-3H3,(H,36,43)/b16-10+,17-12+/t24-,25+,26-,27-,28+,29+,30-,31+,32-,34-/m1/s1. The van der Waals surface area contributed by atoms with E-state index in [1.54, 1.807) is 19.1 Å². The molecule has 0 aromatic heterocycles. The summed E-state index contributed by atoms with van der Waals surface area (Å²) >= 11 is 0. The average molecular weight is 676 g/mol. The highest BCUT2D eigenvalue weighted by atomic mass is 19.1. The summed E-state index contributed by atoms with van der Waals surface area (Å²) in [5.41, 5.74) is 1.88. The van der Waals surface area contributed by atoms with Crippen molar-refractivity contribution >= 4 is 12.0 Å². The van der Waals surface area contributed by atoms with Gasteiger partial charge in [0.05, 0.1) is 6.04 Å². The topological polar surface area (TPSA) is 197 Å². The highest BCUT2D eigenvalue weighted by Gasteiger charge is 2.53. The molecule has 48 heavy (non-hydrogen) atoms. The Morgan fingerprint density at radius 3 is 2.38 bits per heavy atom. The third-order valence-electron chi connectivity index (χ3n) is 8.72. The van der Waals surface area contributed by atoms with E-state index in [2.05, 4.69) is 5.32 Å². The summed E-state index contributed by atoms with van der Waals surface area (Å²) in [4.78, 5) is 12.9. The SMILES string of the molecule is CCCc1cc(F)ccc1OC/C=C(\C)[C@H]1O[C@@H](Oc2ccc(/C=C(\C)C(=O)N[C@@H]3[C@H](O)[C@@H](O)[C@H]4OCO[C@H]4[C@@H]3O)cc2O)[C@@H](O)[C@@H]1O. The third-order valence-corrected chi connectivity index (χ3v) is 8.72. The number of aliphatic hydroxyl groups is 5. The van der Waals surface area contributed by atoms with Crippen molar-refractivity contribution in [3.63, 3.8) is 0 Å². The van der Waals surface area contributed by atoms with Gasteiger partial charge in [0, 0.05) is 5.57 Å². The van der Waals surface area contributed by atoms with Crippen LogP contribution < -0.4 is 14.8 Å². The van der Waals surface area contributed by atoms with Crippen molar-refractivity contribution in [2.45, 2.75) is 94.8 Å². The van der Waals surface area contributed by atoms with Gasteiger partial charge in [-0.3, -0.25) is 4.79 Å². The average Bonchev–Trinajstić information content (AvgIpc) is 3.66. The molecule has 7 N–H and O–H groups in total. The fourth-order valence-corrected chi connectivity index (χ4v) is 6.04. The van der Waals surface area contributed by atoms with Gasteiger partial charge in [-0.05, 0) is 79.5 Å². The van der Waals surface area contributed by atoms with E-state index in [-0.39, 0.29) is 36.3 Å². The number of amides is 1. The number of fused-ring (bicyclic) bond motifs is 1. The van der Waals surface area contributed by atoms with E-state index >= 15 is 0 Å². The predicted molar refractivity (Wildman–Crippen MR) is 167 cm³/mol. The maximum absolute atomic E-state index is 13.6. The molecule has 14 heteroatoms. The molecular weight excluding hydrogens is 633 g/mol. The van der Waals surface area contributed by atoms with Crippen molar-refractivity contribution in [3.05, 3.63) is 70.6 Å². The summed E-state index contributed by atoms with van der Waals surface area (Å²) < 4.78 is 41.5. The summed E-state index contributed by atoms with van der Waals surface area (Å²) in [6, 6.07) is 7.35. The van der Waals surface area contributed by atoms with Crippen molar-refractivity contribution in [3.8, 4) is 17.2 Å². The first-order valence-electron chi connectivity index (χ1n) is 15.7. The molecular formula is C34H42FNO12. The largest absolute Gasteiger partial charge is 0.504 e. The Morgan fingerprint density at radius 1 is 0.958 bits per heavy atom. The quantitative estimate of drug-likeness (QED) is 0.132. The van der Waals surface area contributed by atoms with Gasteiger partial charge in [-0.1, -0.05) is 19.4 Å². The number of carbonyl (C=O) groups is 1. The fraction of sp³-hybridized carbons (Fsp3) is 0.500. The van der Waals surface area contributed by atoms with E-state index in [0.717, 1.165) is 12.0 Å². The third kappa shape index (κ3) is 7.66. The number of hydrogen-bond acceptors (Lipinski definition) is 12. The van der Waals surface area contributed by atoms with Crippen molar-refractivity contribution in [2.75, 3.05) is 13.4 Å². The first-order valence-corrected chi connectivity index (χ1v) is 15.7. The molecule has 1 amide bonds. The molecule has 2 aromatic rings. The van der Waals surface area contributed by atoms with Crippen molar-refractivity contribution in [1.82, 2.24) is 5.32 Å². The Labute approximate surface area is 276 Å².